The number of benzene rings is 1. The smallest absolute Gasteiger partial charge is 0.251 e. The van der Waals surface area contributed by atoms with E-state index >= 15 is 0 Å². The molecule has 1 aliphatic heterocycles. The minimum absolute atomic E-state index is 0.0529. The van der Waals surface area contributed by atoms with Gasteiger partial charge < -0.3 is 10.6 Å². The summed E-state index contributed by atoms with van der Waals surface area (Å²) in [5.74, 6) is -0.303. The number of nitrogens with one attached hydrogen (secondary N) is 2. The maximum atomic E-state index is 11.5. The van der Waals surface area contributed by atoms with Crippen molar-refractivity contribution in [3.05, 3.63) is 42.0 Å². The van der Waals surface area contributed by atoms with Gasteiger partial charge in [0.15, 0.2) is 0 Å². The molecule has 4 nitrogen and oxygen atoms in total. The number of hydrogen-bond donors (Lipinski definition) is 2. The van der Waals surface area contributed by atoms with Gasteiger partial charge in [-0.3, -0.25) is 9.59 Å². The molecule has 0 fully saturated rings. The van der Waals surface area contributed by atoms with Crippen molar-refractivity contribution < 1.29 is 9.59 Å². The van der Waals surface area contributed by atoms with E-state index in [2.05, 4.69) is 17.2 Å². The molecule has 1 aromatic rings. The van der Waals surface area contributed by atoms with Crippen LogP contribution < -0.4 is 10.6 Å². The summed E-state index contributed by atoms with van der Waals surface area (Å²) in [6.07, 6.45) is 2.00. The first-order valence-electron chi connectivity index (χ1n) is 5.05. The molecule has 2 rings (SSSR count). The van der Waals surface area contributed by atoms with Crippen molar-refractivity contribution in [2.75, 3.05) is 11.9 Å². The van der Waals surface area contributed by atoms with Gasteiger partial charge in [-0.25, -0.2) is 0 Å². The number of rotatable bonds is 2. The molecule has 0 unspecified atom stereocenters. The van der Waals surface area contributed by atoms with Crippen LogP contribution in [0.2, 0.25) is 0 Å². The molecule has 0 saturated heterocycles. The highest BCUT2D eigenvalue weighted by molar-refractivity contribution is 6.00. The maximum absolute atomic E-state index is 11.5. The molecule has 1 aliphatic rings. The highest BCUT2D eigenvalue weighted by atomic mass is 16.2. The molecule has 16 heavy (non-hydrogen) atoms. The Balaban J connectivity index is 2.28. The number of carbonyl (C=O) groups is 2. The van der Waals surface area contributed by atoms with Gasteiger partial charge in [-0.1, -0.05) is 6.58 Å². The Morgan fingerprint density at radius 1 is 1.50 bits per heavy atom. The summed E-state index contributed by atoms with van der Waals surface area (Å²) in [6, 6.07) is 5.27. The lowest BCUT2D eigenvalue weighted by Crippen LogP contribution is -2.31. The fraction of sp³-hybridized carbons (Fsp3) is 0.167. The Kier molecular flexibility index (Phi) is 2.72. The molecule has 0 aliphatic carbocycles. The molecule has 1 heterocycles. The average molecular weight is 216 g/mol. The first kappa shape index (κ1) is 10.4. The van der Waals surface area contributed by atoms with Crippen LogP contribution in [0.15, 0.2) is 30.9 Å². The third kappa shape index (κ3) is 1.95. The van der Waals surface area contributed by atoms with E-state index in [0.717, 1.165) is 12.0 Å². The van der Waals surface area contributed by atoms with Crippen molar-refractivity contribution in [2.24, 2.45) is 0 Å². The van der Waals surface area contributed by atoms with Crippen LogP contribution in [0, 0.1) is 0 Å². The van der Waals surface area contributed by atoms with E-state index in [9.17, 15) is 9.59 Å². The van der Waals surface area contributed by atoms with Crippen LogP contribution in [0.4, 0.5) is 5.69 Å². The average Bonchev–Trinajstić information content (AvgIpc) is 2.29. The third-order valence-corrected chi connectivity index (χ3v) is 2.48. The zero-order valence-corrected chi connectivity index (χ0v) is 8.75. The number of hydrogen-bond acceptors (Lipinski definition) is 2. The van der Waals surface area contributed by atoms with Gasteiger partial charge in [-0.2, -0.15) is 0 Å². The van der Waals surface area contributed by atoms with Gasteiger partial charge >= 0.3 is 0 Å². The molecule has 2 amide bonds. The van der Waals surface area contributed by atoms with Gasteiger partial charge in [-0.15, -0.1) is 0 Å². The monoisotopic (exact) mass is 216 g/mol. The maximum Gasteiger partial charge on any atom is 0.251 e. The molecular weight excluding hydrogens is 204 g/mol. The summed E-state index contributed by atoms with van der Waals surface area (Å²) in [5, 5.41) is 5.43. The second-order valence-corrected chi connectivity index (χ2v) is 3.57. The highest BCUT2D eigenvalue weighted by Crippen LogP contribution is 2.18. The number of carbonyl (C=O) groups excluding carboxylic acids is 2. The van der Waals surface area contributed by atoms with Crippen LogP contribution >= 0.6 is 0 Å². The topological polar surface area (TPSA) is 58.2 Å². The summed E-state index contributed by atoms with van der Waals surface area (Å²) in [7, 11) is 0. The van der Waals surface area contributed by atoms with E-state index in [4.69, 9.17) is 0 Å². The van der Waals surface area contributed by atoms with Gasteiger partial charge in [0.25, 0.3) is 5.91 Å². The predicted molar refractivity (Wildman–Crippen MR) is 61.3 cm³/mol. The van der Waals surface area contributed by atoms with Crippen molar-refractivity contribution in [1.82, 2.24) is 5.32 Å². The van der Waals surface area contributed by atoms with Crippen LogP contribution in [0.5, 0.6) is 0 Å². The lowest BCUT2D eigenvalue weighted by atomic mass is 10.00. The first-order chi connectivity index (χ1) is 7.70. The molecule has 2 N–H and O–H groups in total. The van der Waals surface area contributed by atoms with Crippen LogP contribution in [0.25, 0.3) is 0 Å². The van der Waals surface area contributed by atoms with Crippen molar-refractivity contribution in [3.8, 4) is 0 Å². The van der Waals surface area contributed by atoms with Crippen molar-refractivity contribution in [1.29, 1.82) is 0 Å². The molecular formula is C12H12N2O2. The fourth-order valence-corrected chi connectivity index (χ4v) is 1.70. The van der Waals surface area contributed by atoms with Crippen molar-refractivity contribution in [3.63, 3.8) is 0 Å². The van der Waals surface area contributed by atoms with E-state index in [1.807, 2.05) is 6.07 Å². The molecule has 1 aromatic carbocycles. The quantitative estimate of drug-likeness (QED) is 0.727. The summed E-state index contributed by atoms with van der Waals surface area (Å²) in [6.45, 7) is 4.02. The summed E-state index contributed by atoms with van der Waals surface area (Å²) >= 11 is 0. The van der Waals surface area contributed by atoms with Crippen LogP contribution in [0.1, 0.15) is 15.9 Å². The molecule has 4 heteroatoms. The van der Waals surface area contributed by atoms with E-state index in [1.165, 1.54) is 6.08 Å². The SMILES string of the molecule is C=CC(=O)Nc1ccc2c(c1)CCNC2=O. The molecule has 0 atom stereocenters. The van der Waals surface area contributed by atoms with E-state index in [0.29, 0.717) is 17.8 Å². The van der Waals surface area contributed by atoms with Gasteiger partial charge in [0, 0.05) is 17.8 Å². The molecule has 82 valence electrons. The largest absolute Gasteiger partial charge is 0.352 e. The molecule has 0 saturated carbocycles. The Bertz CT molecular complexity index is 466. The van der Waals surface area contributed by atoms with E-state index in [1.54, 1.807) is 12.1 Å². The molecule has 0 radical (unpaired) electrons. The predicted octanol–water partition coefficient (Wildman–Crippen LogP) is 1.10. The Labute approximate surface area is 93.3 Å². The Morgan fingerprint density at radius 3 is 3.06 bits per heavy atom. The molecule has 0 aromatic heterocycles. The summed E-state index contributed by atoms with van der Waals surface area (Å²) in [4.78, 5) is 22.6. The van der Waals surface area contributed by atoms with Crippen LogP contribution in [0.3, 0.4) is 0 Å². The summed E-state index contributed by atoms with van der Waals surface area (Å²) < 4.78 is 0. The lowest BCUT2D eigenvalue weighted by molar-refractivity contribution is -0.111. The number of anilines is 1. The molecule has 0 bridgehead atoms. The van der Waals surface area contributed by atoms with Gasteiger partial charge in [0.2, 0.25) is 5.91 Å². The Morgan fingerprint density at radius 2 is 2.31 bits per heavy atom. The van der Waals surface area contributed by atoms with Gasteiger partial charge in [0.1, 0.15) is 0 Å². The van der Waals surface area contributed by atoms with Crippen LogP contribution in [-0.2, 0) is 11.2 Å². The summed E-state index contributed by atoms with van der Waals surface area (Å²) in [5.41, 5.74) is 2.34. The van der Waals surface area contributed by atoms with E-state index < -0.39 is 0 Å². The molecule has 0 spiro atoms. The van der Waals surface area contributed by atoms with Gasteiger partial charge in [-0.05, 0) is 36.3 Å². The van der Waals surface area contributed by atoms with Crippen molar-refractivity contribution >= 4 is 17.5 Å². The van der Waals surface area contributed by atoms with Crippen LogP contribution in [-0.4, -0.2) is 18.4 Å². The highest BCUT2D eigenvalue weighted by Gasteiger charge is 2.16. The second kappa shape index (κ2) is 4.18. The van der Waals surface area contributed by atoms with Gasteiger partial charge in [0.05, 0.1) is 0 Å². The lowest BCUT2D eigenvalue weighted by Gasteiger charge is -2.17. The zero-order chi connectivity index (χ0) is 11.5. The Hall–Kier alpha value is -2.10. The zero-order valence-electron chi connectivity index (χ0n) is 8.75. The standard InChI is InChI=1S/C12H12N2O2/c1-2-11(15)14-9-3-4-10-8(7-9)5-6-13-12(10)16/h2-4,7H,1,5-6H2,(H,13,16)(H,14,15). The first-order valence-corrected chi connectivity index (χ1v) is 5.05. The normalized spacial score (nSPS) is 13.6. The number of amides is 2. The third-order valence-electron chi connectivity index (χ3n) is 2.48. The fourth-order valence-electron chi connectivity index (χ4n) is 1.70. The number of fused-ring (bicyclic) bond motifs is 1. The second-order valence-electron chi connectivity index (χ2n) is 3.57. The van der Waals surface area contributed by atoms with Crippen molar-refractivity contribution in [2.45, 2.75) is 6.42 Å². The van der Waals surface area contributed by atoms with E-state index in [-0.39, 0.29) is 11.8 Å². The minimum Gasteiger partial charge on any atom is -0.352 e. The minimum atomic E-state index is -0.250.